The maximum absolute atomic E-state index is 12.8. The highest BCUT2D eigenvalue weighted by molar-refractivity contribution is 6.53. The van der Waals surface area contributed by atoms with Crippen LogP contribution in [0.15, 0.2) is 83.5 Å². The highest BCUT2D eigenvalue weighted by Gasteiger charge is 2.39. The van der Waals surface area contributed by atoms with E-state index in [9.17, 15) is 14.4 Å². The van der Waals surface area contributed by atoms with Crippen molar-refractivity contribution in [3.63, 3.8) is 0 Å². The van der Waals surface area contributed by atoms with Crippen molar-refractivity contribution in [2.45, 2.75) is 0 Å². The summed E-state index contributed by atoms with van der Waals surface area (Å²) in [7, 11) is 0. The van der Waals surface area contributed by atoms with Crippen molar-refractivity contribution >= 4 is 64.0 Å². The van der Waals surface area contributed by atoms with E-state index in [-0.39, 0.29) is 27.0 Å². The molecule has 4 rings (SSSR count). The van der Waals surface area contributed by atoms with Crippen LogP contribution in [0.2, 0.25) is 10.0 Å². The Kier molecular flexibility index (Phi) is 6.19. The summed E-state index contributed by atoms with van der Waals surface area (Å²) in [6, 6.07) is 19.0. The molecule has 9 heteroatoms. The second-order valence-corrected chi connectivity index (χ2v) is 7.85. The van der Waals surface area contributed by atoms with E-state index in [4.69, 9.17) is 39.5 Å². The maximum atomic E-state index is 12.8. The number of amides is 2. The Bertz CT molecular complexity index is 1250. The molecular weight excluding hydrogens is 475 g/mol. The van der Waals surface area contributed by atoms with Crippen LogP contribution in [0.5, 0.6) is 5.75 Å². The molecule has 1 aliphatic heterocycles. The first-order valence-electron chi connectivity index (χ1n) is 9.23. The Morgan fingerprint density at radius 2 is 1.47 bits per heavy atom. The van der Waals surface area contributed by atoms with Gasteiger partial charge in [0.1, 0.15) is 16.5 Å². The van der Waals surface area contributed by atoms with Crippen LogP contribution >= 0.6 is 34.8 Å². The van der Waals surface area contributed by atoms with Gasteiger partial charge in [-0.3, -0.25) is 9.59 Å². The average molecular weight is 488 g/mol. The number of nitrogens with one attached hydrogen (secondary N) is 1. The van der Waals surface area contributed by atoms with Crippen LogP contribution in [-0.2, 0) is 9.59 Å². The van der Waals surface area contributed by atoms with Gasteiger partial charge in [0.2, 0.25) is 0 Å². The van der Waals surface area contributed by atoms with Crippen molar-refractivity contribution in [2.75, 3.05) is 10.2 Å². The lowest BCUT2D eigenvalue weighted by Crippen LogP contribution is -2.32. The third-order valence-electron chi connectivity index (χ3n) is 4.53. The van der Waals surface area contributed by atoms with Crippen LogP contribution in [-0.4, -0.2) is 17.8 Å². The highest BCUT2D eigenvalue weighted by Crippen LogP contribution is 2.34. The fraction of sp³-hybridized carbons (Fsp3) is 0. The number of imide groups is 1. The molecule has 0 unspecified atom stereocenters. The number of hydrogen-bond donors (Lipinski definition) is 1. The Morgan fingerprint density at radius 3 is 2.12 bits per heavy atom. The van der Waals surface area contributed by atoms with Crippen molar-refractivity contribution in [3.8, 4) is 5.75 Å². The number of nitrogens with zero attached hydrogens (tertiary/aromatic N) is 1. The van der Waals surface area contributed by atoms with Crippen molar-refractivity contribution in [3.05, 3.63) is 99.1 Å². The van der Waals surface area contributed by atoms with Crippen LogP contribution in [0.1, 0.15) is 10.4 Å². The number of carbonyl (C=O) groups is 3. The Hall–Kier alpha value is -3.32. The van der Waals surface area contributed by atoms with Gasteiger partial charge in [-0.1, -0.05) is 46.9 Å². The molecule has 2 amide bonds. The van der Waals surface area contributed by atoms with E-state index in [0.717, 1.165) is 4.90 Å². The quantitative estimate of drug-likeness (QED) is 0.286. The van der Waals surface area contributed by atoms with E-state index in [1.807, 2.05) is 0 Å². The predicted molar refractivity (Wildman–Crippen MR) is 123 cm³/mol. The normalized spacial score (nSPS) is 13.5. The number of anilines is 2. The first-order valence-corrected chi connectivity index (χ1v) is 10.4. The van der Waals surface area contributed by atoms with Crippen LogP contribution in [0.4, 0.5) is 11.4 Å². The summed E-state index contributed by atoms with van der Waals surface area (Å²) in [4.78, 5) is 38.6. The standard InChI is InChI=1S/C23H13Cl3N2O4/c24-14-7-11-16(12-8-14)32-23(31)13-5-9-15(10-6-13)27-20-19(26)21(29)28(22(20)30)18-4-2-1-3-17(18)25/h1-12,27H. The first-order chi connectivity index (χ1) is 15.3. The molecule has 0 spiro atoms. The molecular formula is C23H13Cl3N2O4. The monoisotopic (exact) mass is 486 g/mol. The second kappa shape index (κ2) is 9.04. The first kappa shape index (κ1) is 21.9. The van der Waals surface area contributed by atoms with Gasteiger partial charge in [0, 0.05) is 10.7 Å². The summed E-state index contributed by atoms with van der Waals surface area (Å²) in [5, 5.41) is 3.34. The minimum absolute atomic E-state index is 0.0897. The van der Waals surface area contributed by atoms with Gasteiger partial charge in [-0.05, 0) is 60.7 Å². The molecule has 32 heavy (non-hydrogen) atoms. The smallest absolute Gasteiger partial charge is 0.343 e. The fourth-order valence-electron chi connectivity index (χ4n) is 2.97. The largest absolute Gasteiger partial charge is 0.423 e. The van der Waals surface area contributed by atoms with Crippen molar-refractivity contribution < 1.29 is 19.1 Å². The van der Waals surface area contributed by atoms with E-state index < -0.39 is 17.8 Å². The zero-order valence-corrected chi connectivity index (χ0v) is 18.4. The number of para-hydroxylation sites is 1. The Balaban J connectivity index is 1.49. The molecule has 0 atom stereocenters. The van der Waals surface area contributed by atoms with E-state index in [2.05, 4.69) is 5.32 Å². The van der Waals surface area contributed by atoms with Gasteiger partial charge in [0.05, 0.1) is 16.3 Å². The van der Waals surface area contributed by atoms with E-state index in [1.54, 1.807) is 60.7 Å². The number of carbonyl (C=O) groups excluding carboxylic acids is 3. The summed E-state index contributed by atoms with van der Waals surface area (Å²) in [6.45, 7) is 0. The Labute approximate surface area is 197 Å². The predicted octanol–water partition coefficient (Wildman–Crippen LogP) is 5.65. The minimum atomic E-state index is -0.685. The van der Waals surface area contributed by atoms with E-state index in [0.29, 0.717) is 16.5 Å². The summed E-state index contributed by atoms with van der Waals surface area (Å²) in [6.07, 6.45) is 0. The minimum Gasteiger partial charge on any atom is -0.423 e. The molecule has 0 aliphatic carbocycles. The lowest BCUT2D eigenvalue weighted by Gasteiger charge is -2.16. The molecule has 0 radical (unpaired) electrons. The van der Waals surface area contributed by atoms with Gasteiger partial charge in [0.15, 0.2) is 0 Å². The number of ether oxygens (including phenoxy) is 1. The van der Waals surface area contributed by atoms with Gasteiger partial charge in [-0.25, -0.2) is 9.69 Å². The number of rotatable bonds is 5. The van der Waals surface area contributed by atoms with E-state index in [1.165, 1.54) is 12.1 Å². The van der Waals surface area contributed by atoms with Gasteiger partial charge in [-0.15, -0.1) is 0 Å². The van der Waals surface area contributed by atoms with Crippen LogP contribution < -0.4 is 15.0 Å². The summed E-state index contributed by atoms with van der Waals surface area (Å²) in [5.41, 5.74) is 0.882. The summed E-state index contributed by atoms with van der Waals surface area (Å²) < 4.78 is 5.28. The molecule has 1 aliphatic rings. The van der Waals surface area contributed by atoms with Gasteiger partial charge >= 0.3 is 5.97 Å². The molecule has 1 heterocycles. The second-order valence-electron chi connectivity index (χ2n) is 6.63. The number of esters is 1. The summed E-state index contributed by atoms with van der Waals surface area (Å²) in [5.74, 6) is -1.53. The molecule has 160 valence electrons. The highest BCUT2D eigenvalue weighted by atomic mass is 35.5. The number of benzene rings is 3. The molecule has 0 saturated heterocycles. The molecule has 0 fully saturated rings. The van der Waals surface area contributed by atoms with Crippen molar-refractivity contribution in [1.82, 2.24) is 0 Å². The third-order valence-corrected chi connectivity index (χ3v) is 5.46. The third kappa shape index (κ3) is 4.34. The van der Waals surface area contributed by atoms with Crippen molar-refractivity contribution in [1.29, 1.82) is 0 Å². The topological polar surface area (TPSA) is 75.7 Å². The van der Waals surface area contributed by atoms with E-state index >= 15 is 0 Å². The molecule has 3 aromatic rings. The molecule has 0 saturated carbocycles. The number of halogens is 3. The molecule has 0 bridgehead atoms. The van der Waals surface area contributed by atoms with Gasteiger partial charge < -0.3 is 10.1 Å². The molecule has 3 aromatic carbocycles. The Morgan fingerprint density at radius 1 is 0.812 bits per heavy atom. The summed E-state index contributed by atoms with van der Waals surface area (Å²) >= 11 is 18.1. The van der Waals surface area contributed by atoms with Crippen molar-refractivity contribution in [2.24, 2.45) is 0 Å². The van der Waals surface area contributed by atoms with Crippen LogP contribution in [0.3, 0.4) is 0 Å². The van der Waals surface area contributed by atoms with Crippen LogP contribution in [0, 0.1) is 0 Å². The van der Waals surface area contributed by atoms with Gasteiger partial charge in [-0.2, -0.15) is 0 Å². The lowest BCUT2D eigenvalue weighted by atomic mass is 10.2. The zero-order chi connectivity index (χ0) is 22.8. The maximum Gasteiger partial charge on any atom is 0.343 e. The van der Waals surface area contributed by atoms with Crippen LogP contribution in [0.25, 0.3) is 0 Å². The molecule has 6 nitrogen and oxygen atoms in total. The fourth-order valence-corrected chi connectivity index (χ4v) is 3.52. The lowest BCUT2D eigenvalue weighted by molar-refractivity contribution is -0.120. The van der Waals surface area contributed by atoms with Gasteiger partial charge in [0.25, 0.3) is 11.8 Å². The average Bonchev–Trinajstić information content (AvgIpc) is 2.99. The zero-order valence-electron chi connectivity index (χ0n) is 16.1. The molecule has 1 N–H and O–H groups in total. The SMILES string of the molecule is O=C(Oc1ccc(Cl)cc1)c1ccc(NC2=C(Cl)C(=O)N(c3ccccc3Cl)C2=O)cc1. The number of hydrogen-bond acceptors (Lipinski definition) is 5. The molecule has 0 aromatic heterocycles.